The van der Waals surface area contributed by atoms with Gasteiger partial charge in [-0.1, -0.05) is 72.6 Å². The molecule has 5 unspecified atom stereocenters. The third-order valence-corrected chi connectivity index (χ3v) is 10.9. The highest BCUT2D eigenvalue weighted by atomic mass is 31.2. The minimum absolute atomic E-state index is 0.0416. The van der Waals surface area contributed by atoms with Crippen molar-refractivity contribution in [3.8, 4) is 11.5 Å². The molecular weight excluding hydrogens is 639 g/mol. The minimum Gasteiger partial charge on any atom is -0.493 e. The lowest BCUT2D eigenvalue weighted by molar-refractivity contribution is -0.00819. The molecule has 2 rings (SSSR count). The second kappa shape index (κ2) is 22.7. The summed E-state index contributed by atoms with van der Waals surface area (Å²) >= 11 is 0. The van der Waals surface area contributed by atoms with Gasteiger partial charge in [-0.25, -0.2) is 0 Å². The quantitative estimate of drug-likeness (QED) is 0.0687. The lowest BCUT2D eigenvalue weighted by atomic mass is 9.83. The van der Waals surface area contributed by atoms with E-state index in [0.717, 1.165) is 74.4 Å². The topological polar surface area (TPSA) is 104 Å². The molecule has 286 valence electrons. The molecule has 0 aliphatic carbocycles. The summed E-state index contributed by atoms with van der Waals surface area (Å²) in [7, 11) is -3.66. The molecule has 0 bridgehead atoms. The third kappa shape index (κ3) is 17.3. The summed E-state index contributed by atoms with van der Waals surface area (Å²) in [5.74, 6) is 4.59. The summed E-state index contributed by atoms with van der Waals surface area (Å²) in [6.45, 7) is 21.2. The number of aliphatic hydroxyl groups excluding tert-OH is 1. The molecule has 1 aromatic carbocycles. The van der Waals surface area contributed by atoms with Gasteiger partial charge in [0.25, 0.3) is 0 Å². The average Bonchev–Trinajstić information content (AvgIpc) is 3.02. The van der Waals surface area contributed by atoms with Gasteiger partial charge in [-0.05, 0) is 107 Å². The van der Waals surface area contributed by atoms with Gasteiger partial charge < -0.3 is 33.5 Å². The maximum Gasteiger partial charge on any atom is 0.325 e. The van der Waals surface area contributed by atoms with Gasteiger partial charge in [0.05, 0.1) is 33.0 Å². The molecule has 0 amide bonds. The monoisotopic (exact) mass is 713 g/mol. The molecule has 2 N–H and O–H groups in total. The average molecular weight is 713 g/mol. The van der Waals surface area contributed by atoms with Crippen molar-refractivity contribution in [2.75, 3.05) is 46.3 Å². The van der Waals surface area contributed by atoms with Crippen molar-refractivity contribution in [3.63, 3.8) is 0 Å². The van der Waals surface area contributed by atoms with Crippen molar-refractivity contribution in [1.29, 1.82) is 0 Å². The van der Waals surface area contributed by atoms with Gasteiger partial charge in [-0.3, -0.25) is 4.57 Å². The molecule has 5 atom stereocenters. The number of hydrogen-bond acceptors (Lipinski definition) is 7. The summed E-state index contributed by atoms with van der Waals surface area (Å²) in [5, 5.41) is 9.23. The van der Waals surface area contributed by atoms with Crippen LogP contribution in [0.2, 0.25) is 0 Å². The van der Waals surface area contributed by atoms with Gasteiger partial charge in [-0.2, -0.15) is 0 Å². The fourth-order valence-electron chi connectivity index (χ4n) is 6.96. The highest BCUT2D eigenvalue weighted by Gasteiger charge is 2.34. The lowest BCUT2D eigenvalue weighted by Gasteiger charge is -2.38. The Bertz CT molecular complexity index is 1120. The molecule has 0 radical (unpaired) electrons. The number of ether oxygens (including phenoxy) is 4. The number of rotatable bonds is 27. The van der Waals surface area contributed by atoms with Crippen molar-refractivity contribution < 1.29 is 38.0 Å². The van der Waals surface area contributed by atoms with E-state index in [9.17, 15) is 14.6 Å². The largest absolute Gasteiger partial charge is 0.493 e. The maximum absolute atomic E-state index is 11.3. The van der Waals surface area contributed by atoms with E-state index in [1.807, 2.05) is 0 Å². The predicted octanol–water partition coefficient (Wildman–Crippen LogP) is 9.91. The minimum atomic E-state index is -3.66. The number of unbranched alkanes of at least 4 members (excludes halogenated alkanes) is 2. The van der Waals surface area contributed by atoms with Crippen LogP contribution in [0, 0.1) is 38.5 Å². The van der Waals surface area contributed by atoms with E-state index in [4.69, 9.17) is 23.5 Å². The molecule has 1 aromatic rings. The summed E-state index contributed by atoms with van der Waals surface area (Å²) in [4.78, 5) is 9.26. The van der Waals surface area contributed by atoms with E-state index in [0.29, 0.717) is 26.4 Å². The van der Waals surface area contributed by atoms with Crippen LogP contribution in [0.5, 0.6) is 11.5 Å². The molecular formula is C40H73O8P. The van der Waals surface area contributed by atoms with E-state index < -0.39 is 13.7 Å². The Morgan fingerprint density at radius 3 is 2.04 bits per heavy atom. The van der Waals surface area contributed by atoms with Crippen LogP contribution in [-0.2, 0) is 25.0 Å². The van der Waals surface area contributed by atoms with Crippen LogP contribution in [0.1, 0.15) is 140 Å². The first-order valence-electron chi connectivity index (χ1n) is 19.3. The van der Waals surface area contributed by atoms with E-state index in [2.05, 4.69) is 55.4 Å². The predicted molar refractivity (Wildman–Crippen MR) is 201 cm³/mol. The van der Waals surface area contributed by atoms with Crippen LogP contribution >= 0.6 is 7.60 Å². The number of aliphatic hydroxyl groups is 1. The number of fused-ring (bicyclic) bond motifs is 1. The highest BCUT2D eigenvalue weighted by molar-refractivity contribution is 7.51. The first kappa shape index (κ1) is 44.0. The van der Waals surface area contributed by atoms with E-state index in [-0.39, 0.29) is 18.8 Å². The van der Waals surface area contributed by atoms with Crippen LogP contribution in [0.25, 0.3) is 0 Å². The zero-order valence-electron chi connectivity index (χ0n) is 32.7. The fourth-order valence-corrected chi connectivity index (χ4v) is 7.64. The number of benzene rings is 1. The van der Waals surface area contributed by atoms with E-state index in [1.165, 1.54) is 73.6 Å². The molecule has 8 nitrogen and oxygen atoms in total. The second-order valence-corrected chi connectivity index (χ2v) is 17.5. The zero-order valence-corrected chi connectivity index (χ0v) is 33.6. The smallest absolute Gasteiger partial charge is 0.325 e. The van der Waals surface area contributed by atoms with Crippen molar-refractivity contribution in [1.82, 2.24) is 0 Å². The van der Waals surface area contributed by atoms with Crippen molar-refractivity contribution in [2.45, 2.75) is 157 Å². The normalized spacial score (nSPS) is 19.3. The zero-order chi connectivity index (χ0) is 36.5. The standard InChI is InChI=1S/C40H73O8P/c1-30(2)16-13-17-31(3)18-14-19-32(4)20-15-22-40(8)23-21-37-35(7)38(33(5)34(6)39(37)47-40)46-25-12-10-11-24-44-26-27-45-29-36(28-41)48-49(9,42)43/h30-32,36,41H,10-29H2,1-9H3,(H,42,43). The Hall–Kier alpha value is -1.15. The Kier molecular flexibility index (Phi) is 20.4. The first-order chi connectivity index (χ1) is 23.2. The van der Waals surface area contributed by atoms with Gasteiger partial charge in [0.1, 0.15) is 23.2 Å². The Labute approximate surface area is 299 Å². The molecule has 0 saturated carbocycles. The van der Waals surface area contributed by atoms with Crippen LogP contribution in [-0.4, -0.2) is 68.0 Å². The van der Waals surface area contributed by atoms with E-state index in [1.54, 1.807) is 0 Å². The van der Waals surface area contributed by atoms with Crippen LogP contribution in [0.4, 0.5) is 0 Å². The van der Waals surface area contributed by atoms with Crippen molar-refractivity contribution >= 4 is 7.60 Å². The van der Waals surface area contributed by atoms with Gasteiger partial charge in [-0.15, -0.1) is 0 Å². The van der Waals surface area contributed by atoms with Crippen LogP contribution in [0.3, 0.4) is 0 Å². The van der Waals surface area contributed by atoms with Crippen LogP contribution < -0.4 is 9.47 Å². The SMILES string of the molecule is Cc1c(C)c2c(c(C)c1OCCCCCOCCOCC(CO)OP(C)(=O)O)CCC(C)(CCCC(C)CCCC(C)CCCC(C)C)O2. The molecule has 0 saturated heterocycles. The van der Waals surface area contributed by atoms with Gasteiger partial charge in [0.2, 0.25) is 0 Å². The van der Waals surface area contributed by atoms with E-state index >= 15 is 0 Å². The van der Waals surface area contributed by atoms with Gasteiger partial charge >= 0.3 is 7.60 Å². The first-order valence-corrected chi connectivity index (χ1v) is 21.4. The Morgan fingerprint density at radius 2 is 1.41 bits per heavy atom. The Morgan fingerprint density at radius 1 is 0.796 bits per heavy atom. The molecule has 1 aliphatic rings. The molecule has 1 heterocycles. The maximum atomic E-state index is 11.3. The Balaban J connectivity index is 1.68. The summed E-state index contributed by atoms with van der Waals surface area (Å²) in [6.07, 6.45) is 16.0. The van der Waals surface area contributed by atoms with Crippen LogP contribution in [0.15, 0.2) is 0 Å². The lowest BCUT2D eigenvalue weighted by Crippen LogP contribution is -2.37. The molecule has 0 fully saturated rings. The molecule has 49 heavy (non-hydrogen) atoms. The molecule has 1 aliphatic heterocycles. The second-order valence-electron chi connectivity index (χ2n) is 15.7. The fraction of sp³-hybridized carbons (Fsp3) is 0.850. The van der Waals surface area contributed by atoms with Gasteiger partial charge in [0.15, 0.2) is 0 Å². The summed E-state index contributed by atoms with van der Waals surface area (Å²) in [6, 6.07) is 0. The summed E-state index contributed by atoms with van der Waals surface area (Å²) < 4.78 is 40.4. The van der Waals surface area contributed by atoms with Gasteiger partial charge in [0, 0.05) is 18.8 Å². The summed E-state index contributed by atoms with van der Waals surface area (Å²) in [5.41, 5.74) is 4.84. The van der Waals surface area contributed by atoms with Crippen molar-refractivity contribution in [3.05, 3.63) is 22.3 Å². The highest BCUT2D eigenvalue weighted by Crippen LogP contribution is 2.45. The molecule has 9 heteroatoms. The molecule has 0 aromatic heterocycles. The number of hydrogen-bond donors (Lipinski definition) is 2. The molecule has 0 spiro atoms. The van der Waals surface area contributed by atoms with Crippen molar-refractivity contribution in [2.24, 2.45) is 17.8 Å². The third-order valence-electron chi connectivity index (χ3n) is 10.2.